The van der Waals surface area contributed by atoms with E-state index in [9.17, 15) is 38.7 Å². The Hall–Kier alpha value is -4.45. The molecule has 0 radical (unpaired) electrons. The molecule has 9 N–H and O–H groups in total. The van der Waals surface area contributed by atoms with Crippen molar-refractivity contribution in [1.82, 2.24) is 15.0 Å². The zero-order valence-corrected chi connectivity index (χ0v) is 60.5. The molecule has 3 heterocycles. The standard InChI is InChI=1S/C15H16ClNO2.C13H13ClN2O.C13H12ClNO2.C9H13BrO3.C9H14O3.C6H6ClN.Br2.Na.H2O/c1-2-19-15(18)11-5-3-4-10-12-8-9(16)6-7-13(12)17-14(10)11;14-7-4-5-11-10(6-7)8-2-1-3-9(13(15)17)12(8)16-11;14-7-4-5-11-10(6-7)8-2-1-3-9(13(16)17)12(8)15-11;1-2-13-9(12)6-4-3-5-7(10)8(6)11;1-2-12-9(11)7-5-3-4-6-8(7)10;7-5-1-3-6(8)4-2-5;1-2;;/h6-8,11,17H,2-5H2,1H3;4-6,9,16H,1-3H2,(H2,15,17);4-6,9,15H,1-3H2,(H,16,17);6-7H,2-5H2,1H3;7H,2-6H2,1H3;1-4H,8H2;;;1H2/q;;;;;;;+1;/p-1. The van der Waals surface area contributed by atoms with E-state index < -0.39 is 23.7 Å². The smallest absolute Gasteiger partial charge is 0.870 e. The fourth-order valence-electron chi connectivity index (χ4n) is 11.7. The number of H-pyrrole nitrogens is 3. The van der Waals surface area contributed by atoms with Gasteiger partial charge in [-0.3, -0.25) is 33.6 Å². The van der Waals surface area contributed by atoms with Crippen LogP contribution in [0.4, 0.5) is 5.69 Å². The van der Waals surface area contributed by atoms with Crippen LogP contribution in [-0.2, 0) is 67.0 Å². The van der Waals surface area contributed by atoms with Crippen LogP contribution in [0.15, 0.2) is 78.9 Å². The molecule has 90 heavy (non-hydrogen) atoms. The SMILES string of the molecule is BrBr.CCOC(=O)C1CCCC(Br)C1=O.CCOC(=O)C1CCCCC1=O.CCOC(=O)C1CCCc2c1[nH]c1ccc(Cl)cc21.NC(=O)C1CCCc2c1[nH]c1ccc(Cl)cc21.Nc1ccc(Cl)cc1.O=C(O)C1CCCc2c1[nH]c1ccc(Cl)cc21.[Na+].[OH-]. The van der Waals surface area contributed by atoms with Crippen LogP contribution < -0.4 is 41.0 Å². The van der Waals surface area contributed by atoms with Gasteiger partial charge in [0.1, 0.15) is 17.6 Å². The van der Waals surface area contributed by atoms with Gasteiger partial charge in [-0.1, -0.05) is 75.2 Å². The molecule has 17 nitrogen and oxygen atoms in total. The van der Waals surface area contributed by atoms with E-state index >= 15 is 0 Å². The van der Waals surface area contributed by atoms with Gasteiger partial charge in [0.15, 0.2) is 5.78 Å². The van der Waals surface area contributed by atoms with Crippen molar-refractivity contribution in [3.63, 3.8) is 0 Å². The van der Waals surface area contributed by atoms with Gasteiger partial charge >= 0.3 is 53.4 Å². The zero-order valence-electron chi connectivity index (χ0n) is 50.7. The summed E-state index contributed by atoms with van der Waals surface area (Å²) in [5.74, 6) is -3.50. The number of fused-ring (bicyclic) bond motifs is 9. The maximum atomic E-state index is 12.0. The summed E-state index contributed by atoms with van der Waals surface area (Å²) in [5.41, 5.74) is 21.0. The maximum Gasteiger partial charge on any atom is 1.00 e. The molecule has 7 aromatic rings. The van der Waals surface area contributed by atoms with E-state index in [0.29, 0.717) is 50.5 Å². The van der Waals surface area contributed by atoms with Crippen molar-refractivity contribution in [2.75, 3.05) is 25.6 Å². The van der Waals surface area contributed by atoms with Gasteiger partial charge in [-0.05, 0) is 200 Å². The number of esters is 3. The molecule has 0 bridgehead atoms. The minimum absolute atomic E-state index is 0. The number of aromatic amines is 3. The molecule has 1 amide bonds. The van der Waals surface area contributed by atoms with Gasteiger partial charge in [-0.15, -0.1) is 0 Å². The van der Waals surface area contributed by atoms with Crippen molar-refractivity contribution in [1.29, 1.82) is 0 Å². The van der Waals surface area contributed by atoms with E-state index in [1.54, 1.807) is 38.1 Å². The average molecular weight is 1520 g/mol. The van der Waals surface area contributed by atoms with Crippen molar-refractivity contribution in [3.05, 3.63) is 133 Å². The first kappa shape index (κ1) is 78.0. The number of nitrogens with two attached hydrogens (primary N) is 2. The number of benzene rings is 4. The number of rotatable bonds is 8. The van der Waals surface area contributed by atoms with Gasteiger partial charge in [0.05, 0.1) is 42.4 Å². The van der Waals surface area contributed by atoms with Crippen LogP contribution in [0.3, 0.4) is 0 Å². The number of amides is 1. The van der Waals surface area contributed by atoms with Crippen LogP contribution in [0.5, 0.6) is 0 Å². The molecule has 0 saturated heterocycles. The van der Waals surface area contributed by atoms with Crippen molar-refractivity contribution >= 4 is 170 Å². The number of halogens is 7. The number of alkyl halides is 1. The van der Waals surface area contributed by atoms with Gasteiger partial charge in [0.2, 0.25) is 5.91 Å². The Morgan fingerprint density at radius 2 is 0.878 bits per heavy atom. The van der Waals surface area contributed by atoms with E-state index in [1.165, 1.54) is 11.1 Å². The predicted octanol–water partition coefficient (Wildman–Crippen LogP) is 13.3. The fraction of sp³-hybridized carbons (Fsp3) is 0.431. The molecule has 2 fully saturated rings. The predicted molar refractivity (Wildman–Crippen MR) is 361 cm³/mol. The normalized spacial score (nSPS) is 19.3. The number of aryl methyl sites for hydroxylation is 3. The molecule has 0 spiro atoms. The summed E-state index contributed by atoms with van der Waals surface area (Å²) in [6.45, 7) is 6.48. The number of anilines is 1. The maximum absolute atomic E-state index is 12.0. The number of primary amides is 1. The van der Waals surface area contributed by atoms with Gasteiger partial charge in [0, 0.05) is 110 Å². The Bertz CT molecular complexity index is 3440. The second-order valence-corrected chi connectivity index (χ2v) is 24.5. The molecule has 5 aliphatic carbocycles. The van der Waals surface area contributed by atoms with Crippen LogP contribution in [0, 0.1) is 11.8 Å². The first-order valence-electron chi connectivity index (χ1n) is 29.5. The quantitative estimate of drug-likeness (QED) is 0.0206. The number of aliphatic carboxylic acids is 1. The molecule has 6 unspecified atom stereocenters. The first-order valence-corrected chi connectivity index (χ1v) is 35.7. The van der Waals surface area contributed by atoms with Crippen LogP contribution in [0.1, 0.15) is 156 Å². The average Bonchev–Trinajstić information content (AvgIpc) is 1.71. The topological polar surface area (TPSA) is 297 Å². The molecule has 5 aliphatic rings. The number of nitrogens with one attached hydrogen (secondary N) is 3. The largest absolute Gasteiger partial charge is 1.00 e. The van der Waals surface area contributed by atoms with E-state index in [4.69, 9.17) is 72.1 Å². The third kappa shape index (κ3) is 21.0. The van der Waals surface area contributed by atoms with Gasteiger partial charge in [-0.25, -0.2) is 0 Å². The second-order valence-electron chi connectivity index (χ2n) is 21.6. The number of carboxylic acids is 1. The third-order valence-corrected chi connectivity index (χ3v) is 17.8. The number of carboxylic acid groups (broad SMARTS) is 1. The number of ketones is 2. The number of Topliss-reactive ketones (excluding diaryl/α,β-unsaturated/α-hetero) is 2. The molecule has 4 aromatic carbocycles. The van der Waals surface area contributed by atoms with E-state index in [1.807, 2.05) is 61.5 Å². The zero-order chi connectivity index (χ0) is 64.2. The summed E-state index contributed by atoms with van der Waals surface area (Å²) in [5, 5.41) is 15.4. The van der Waals surface area contributed by atoms with Crippen molar-refractivity contribution in [2.45, 2.75) is 146 Å². The molecular formula is C65H75Br3Cl4N5NaO12. The minimum Gasteiger partial charge on any atom is -0.870 e. The van der Waals surface area contributed by atoms with E-state index in [2.05, 4.69) is 59.1 Å². The Balaban J connectivity index is 0.000000232. The van der Waals surface area contributed by atoms with Gasteiger partial charge in [0.25, 0.3) is 0 Å². The summed E-state index contributed by atoms with van der Waals surface area (Å²) in [7, 11) is 0. The molecule has 25 heteroatoms. The van der Waals surface area contributed by atoms with Gasteiger partial charge < -0.3 is 51.2 Å². The van der Waals surface area contributed by atoms with Crippen molar-refractivity contribution < 1.29 is 87.9 Å². The molecule has 0 aliphatic heterocycles. The number of ether oxygens (including phenoxy) is 3. The number of hydrogen-bond donors (Lipinski definition) is 6. The number of carbonyl (C=O) groups excluding carboxylic acids is 6. The number of nitrogen functional groups attached to an aromatic ring is 1. The van der Waals surface area contributed by atoms with Crippen LogP contribution in [-0.4, -0.2) is 91.5 Å². The minimum atomic E-state index is -0.747. The Labute approximate surface area is 589 Å². The molecule has 6 atom stereocenters. The fourth-order valence-corrected chi connectivity index (χ4v) is 13.0. The Kier molecular flexibility index (Phi) is 33.5. The number of carbonyl (C=O) groups is 7. The van der Waals surface area contributed by atoms with Crippen LogP contribution >= 0.6 is 90.6 Å². The third-order valence-electron chi connectivity index (χ3n) is 15.9. The summed E-state index contributed by atoms with van der Waals surface area (Å²) in [6.07, 6.45) is 13.7. The van der Waals surface area contributed by atoms with Gasteiger partial charge in [-0.2, -0.15) is 0 Å². The molecular weight excluding hydrogens is 1450 g/mol. The molecule has 482 valence electrons. The van der Waals surface area contributed by atoms with E-state index in [0.717, 1.165) is 153 Å². The van der Waals surface area contributed by atoms with Crippen molar-refractivity contribution in [3.8, 4) is 0 Å². The second kappa shape index (κ2) is 38.7. The monoisotopic (exact) mass is 1520 g/mol. The van der Waals surface area contributed by atoms with Crippen LogP contribution in [0.25, 0.3) is 32.7 Å². The summed E-state index contributed by atoms with van der Waals surface area (Å²) in [4.78, 5) is 89.6. The Morgan fingerprint density at radius 3 is 1.29 bits per heavy atom. The van der Waals surface area contributed by atoms with Crippen molar-refractivity contribution in [2.24, 2.45) is 17.6 Å². The number of aromatic nitrogens is 3. The summed E-state index contributed by atoms with van der Waals surface area (Å²) in [6, 6.07) is 24.3. The summed E-state index contributed by atoms with van der Waals surface area (Å²) >= 11 is 32.4. The number of hydrogen-bond acceptors (Lipinski definition) is 12. The van der Waals surface area contributed by atoms with E-state index in [-0.39, 0.29) is 87.1 Å². The molecule has 2 saturated carbocycles. The first-order chi connectivity index (χ1) is 42.2. The summed E-state index contributed by atoms with van der Waals surface area (Å²) < 4.78 is 14.8. The molecule has 12 rings (SSSR count). The molecule has 3 aromatic heterocycles. The van der Waals surface area contributed by atoms with Crippen LogP contribution in [0.2, 0.25) is 20.1 Å². The Morgan fingerprint density at radius 1 is 0.511 bits per heavy atom.